The van der Waals surface area contributed by atoms with Crippen LogP contribution in [0.3, 0.4) is 0 Å². The number of carbonyl (C=O) groups excluding carboxylic acids is 2. The highest BCUT2D eigenvalue weighted by Crippen LogP contribution is 2.32. The number of thiophene rings is 1. The molecule has 2 heterocycles. The van der Waals surface area contributed by atoms with Gasteiger partial charge in [0.05, 0.1) is 12.2 Å². The van der Waals surface area contributed by atoms with Gasteiger partial charge in [-0.2, -0.15) is 0 Å². The number of rotatable bonds is 4. The maximum absolute atomic E-state index is 12.4. The number of anilines is 1. The topological polar surface area (TPSA) is 67.4 Å². The summed E-state index contributed by atoms with van der Waals surface area (Å²) in [5.41, 5.74) is 0.0592. The van der Waals surface area contributed by atoms with Gasteiger partial charge in [-0.05, 0) is 44.3 Å². The average Bonchev–Trinajstić information content (AvgIpc) is 2.88. The standard InChI is InChI=1S/C14H20N2O3S/c1-3-19-12(17)10-4-9-20-11(10)16-13(18)14(2)5-7-15-8-6-14/h4,9,15H,3,5-8H2,1-2H3,(H,16,18). The molecular weight excluding hydrogens is 276 g/mol. The number of piperidine rings is 1. The van der Waals surface area contributed by atoms with Crippen molar-refractivity contribution in [3.63, 3.8) is 0 Å². The van der Waals surface area contributed by atoms with Gasteiger partial charge in [0, 0.05) is 5.41 Å². The highest BCUT2D eigenvalue weighted by molar-refractivity contribution is 7.14. The van der Waals surface area contributed by atoms with Gasteiger partial charge in [-0.1, -0.05) is 6.92 Å². The Morgan fingerprint density at radius 3 is 2.80 bits per heavy atom. The molecule has 110 valence electrons. The van der Waals surface area contributed by atoms with Crippen LogP contribution in [0.15, 0.2) is 11.4 Å². The van der Waals surface area contributed by atoms with Crippen LogP contribution >= 0.6 is 11.3 Å². The predicted octanol–water partition coefficient (Wildman–Crippen LogP) is 2.25. The van der Waals surface area contributed by atoms with E-state index in [4.69, 9.17) is 4.74 Å². The Hall–Kier alpha value is -1.40. The molecule has 2 rings (SSSR count). The molecule has 0 spiro atoms. The summed E-state index contributed by atoms with van der Waals surface area (Å²) in [5.74, 6) is -0.411. The second kappa shape index (κ2) is 6.37. The van der Waals surface area contributed by atoms with Gasteiger partial charge in [-0.25, -0.2) is 4.79 Å². The Labute approximate surface area is 122 Å². The summed E-state index contributed by atoms with van der Waals surface area (Å²) in [6.07, 6.45) is 1.61. The SMILES string of the molecule is CCOC(=O)c1ccsc1NC(=O)C1(C)CCNCC1. The summed E-state index contributed by atoms with van der Waals surface area (Å²) >= 11 is 1.35. The van der Waals surface area contributed by atoms with Crippen molar-refractivity contribution in [1.29, 1.82) is 0 Å². The minimum absolute atomic E-state index is 0.0213. The molecular formula is C14H20N2O3S. The minimum Gasteiger partial charge on any atom is -0.462 e. The minimum atomic E-state index is -0.389. The van der Waals surface area contributed by atoms with Gasteiger partial charge in [0.2, 0.25) is 5.91 Å². The number of carbonyl (C=O) groups is 2. The van der Waals surface area contributed by atoms with Gasteiger partial charge in [0.1, 0.15) is 5.00 Å². The van der Waals surface area contributed by atoms with E-state index in [1.54, 1.807) is 18.4 Å². The molecule has 1 aromatic heterocycles. The largest absolute Gasteiger partial charge is 0.462 e. The van der Waals surface area contributed by atoms with E-state index in [1.165, 1.54) is 11.3 Å². The molecule has 0 radical (unpaired) electrons. The van der Waals surface area contributed by atoms with E-state index >= 15 is 0 Å². The molecule has 0 aromatic carbocycles. The fourth-order valence-electron chi connectivity index (χ4n) is 2.24. The summed E-state index contributed by atoms with van der Waals surface area (Å²) in [7, 11) is 0. The van der Waals surface area contributed by atoms with Crippen molar-refractivity contribution in [1.82, 2.24) is 5.32 Å². The Bertz CT molecular complexity index is 492. The maximum Gasteiger partial charge on any atom is 0.341 e. The first-order chi connectivity index (χ1) is 9.57. The molecule has 1 fully saturated rings. The van der Waals surface area contributed by atoms with Crippen LogP contribution in [0.1, 0.15) is 37.0 Å². The third kappa shape index (κ3) is 3.19. The van der Waals surface area contributed by atoms with Crippen molar-refractivity contribution in [3.05, 3.63) is 17.0 Å². The van der Waals surface area contributed by atoms with Crippen LogP contribution in [0.5, 0.6) is 0 Å². The van der Waals surface area contributed by atoms with Crippen LogP contribution < -0.4 is 10.6 Å². The molecule has 0 saturated carbocycles. The van der Waals surface area contributed by atoms with Gasteiger partial charge in [0.25, 0.3) is 0 Å². The lowest BCUT2D eigenvalue weighted by Crippen LogP contribution is -2.42. The predicted molar refractivity (Wildman–Crippen MR) is 79.1 cm³/mol. The molecule has 1 amide bonds. The van der Waals surface area contributed by atoms with E-state index in [1.807, 2.05) is 6.92 Å². The lowest BCUT2D eigenvalue weighted by molar-refractivity contribution is -0.126. The van der Waals surface area contributed by atoms with Crippen molar-refractivity contribution in [3.8, 4) is 0 Å². The molecule has 6 heteroatoms. The fourth-order valence-corrected chi connectivity index (χ4v) is 3.01. The smallest absolute Gasteiger partial charge is 0.341 e. The first-order valence-corrected chi connectivity index (χ1v) is 7.71. The number of amides is 1. The normalized spacial score (nSPS) is 17.5. The van der Waals surface area contributed by atoms with Gasteiger partial charge in [-0.15, -0.1) is 11.3 Å². The number of hydrogen-bond acceptors (Lipinski definition) is 5. The van der Waals surface area contributed by atoms with E-state index in [0.29, 0.717) is 17.2 Å². The zero-order valence-corrected chi connectivity index (χ0v) is 12.6. The van der Waals surface area contributed by atoms with Crippen LogP contribution in [-0.2, 0) is 9.53 Å². The molecule has 0 aliphatic carbocycles. The lowest BCUT2D eigenvalue weighted by atomic mass is 9.80. The quantitative estimate of drug-likeness (QED) is 0.836. The summed E-state index contributed by atoms with van der Waals surface area (Å²) < 4.78 is 4.99. The molecule has 1 aliphatic heterocycles. The second-order valence-electron chi connectivity index (χ2n) is 5.15. The first-order valence-electron chi connectivity index (χ1n) is 6.83. The van der Waals surface area contributed by atoms with E-state index in [9.17, 15) is 9.59 Å². The van der Waals surface area contributed by atoms with Crippen LogP contribution in [0, 0.1) is 5.41 Å². The zero-order valence-electron chi connectivity index (χ0n) is 11.8. The van der Waals surface area contributed by atoms with E-state index < -0.39 is 0 Å². The van der Waals surface area contributed by atoms with Crippen LogP contribution in [-0.4, -0.2) is 31.6 Å². The Kier molecular flexibility index (Phi) is 4.77. The first kappa shape index (κ1) is 15.0. The maximum atomic E-state index is 12.4. The molecule has 0 atom stereocenters. The van der Waals surface area contributed by atoms with Gasteiger partial charge < -0.3 is 15.4 Å². The average molecular weight is 296 g/mol. The molecule has 1 aromatic rings. The van der Waals surface area contributed by atoms with Crippen LogP contribution in [0.4, 0.5) is 5.00 Å². The summed E-state index contributed by atoms with van der Waals surface area (Å²) in [6.45, 7) is 5.75. The Morgan fingerprint density at radius 1 is 1.45 bits per heavy atom. The Morgan fingerprint density at radius 2 is 2.15 bits per heavy atom. The van der Waals surface area contributed by atoms with Crippen LogP contribution in [0.2, 0.25) is 0 Å². The summed E-state index contributed by atoms with van der Waals surface area (Å²) in [5, 5.41) is 8.50. The third-order valence-corrected chi connectivity index (χ3v) is 4.47. The highest BCUT2D eigenvalue weighted by atomic mass is 32.1. The number of hydrogen-bond donors (Lipinski definition) is 2. The van der Waals surface area contributed by atoms with E-state index in [-0.39, 0.29) is 17.3 Å². The van der Waals surface area contributed by atoms with E-state index in [0.717, 1.165) is 25.9 Å². The molecule has 2 N–H and O–H groups in total. The fraction of sp³-hybridized carbons (Fsp3) is 0.571. The van der Waals surface area contributed by atoms with Crippen molar-refractivity contribution >= 4 is 28.2 Å². The van der Waals surface area contributed by atoms with Crippen molar-refractivity contribution in [2.24, 2.45) is 5.41 Å². The van der Waals surface area contributed by atoms with Gasteiger partial charge in [-0.3, -0.25) is 4.79 Å². The number of ether oxygens (including phenoxy) is 1. The van der Waals surface area contributed by atoms with Crippen molar-refractivity contribution in [2.45, 2.75) is 26.7 Å². The Balaban J connectivity index is 2.08. The molecule has 20 heavy (non-hydrogen) atoms. The molecule has 0 unspecified atom stereocenters. The number of esters is 1. The third-order valence-electron chi connectivity index (χ3n) is 3.64. The summed E-state index contributed by atoms with van der Waals surface area (Å²) in [6, 6.07) is 1.68. The molecule has 5 nitrogen and oxygen atoms in total. The van der Waals surface area contributed by atoms with Gasteiger partial charge in [0.15, 0.2) is 0 Å². The highest BCUT2D eigenvalue weighted by Gasteiger charge is 2.35. The van der Waals surface area contributed by atoms with E-state index in [2.05, 4.69) is 10.6 Å². The second-order valence-corrected chi connectivity index (χ2v) is 6.06. The van der Waals surface area contributed by atoms with Gasteiger partial charge >= 0.3 is 5.97 Å². The molecule has 1 saturated heterocycles. The van der Waals surface area contributed by atoms with Crippen LogP contribution in [0.25, 0.3) is 0 Å². The molecule has 1 aliphatic rings. The lowest BCUT2D eigenvalue weighted by Gasteiger charge is -2.32. The number of nitrogens with one attached hydrogen (secondary N) is 2. The zero-order chi connectivity index (χ0) is 14.6. The van der Waals surface area contributed by atoms with Crippen molar-refractivity contribution in [2.75, 3.05) is 25.0 Å². The summed E-state index contributed by atoms with van der Waals surface area (Å²) in [4.78, 5) is 24.2. The monoisotopic (exact) mass is 296 g/mol. The molecule has 0 bridgehead atoms. The van der Waals surface area contributed by atoms with Crippen molar-refractivity contribution < 1.29 is 14.3 Å².